The Bertz CT molecular complexity index is 3040. The van der Waals surface area contributed by atoms with Crippen LogP contribution in [0.1, 0.15) is 112 Å². The Hall–Kier alpha value is -5.51. The number of piperidine rings is 1. The largest absolute Gasteiger partial charge is 0.489 e. The van der Waals surface area contributed by atoms with Gasteiger partial charge in [0.2, 0.25) is 5.88 Å². The molecule has 2 aromatic carbocycles. The Kier molecular flexibility index (Phi) is 12.4. The van der Waals surface area contributed by atoms with Gasteiger partial charge in [-0.2, -0.15) is 16.3 Å². The number of nitro groups is 1. The summed E-state index contributed by atoms with van der Waals surface area (Å²) in [7, 11) is -4.71. The van der Waals surface area contributed by atoms with Crippen molar-refractivity contribution in [3.63, 3.8) is 0 Å². The number of fused-ring (bicyclic) bond motifs is 4. The normalized spacial score (nSPS) is 27.3. The molecule has 0 bridgehead atoms. The number of hydrogen-bond donors (Lipinski definition) is 4. The Morgan fingerprint density at radius 2 is 1.77 bits per heavy atom. The number of carbonyl (C=O) groups is 1. The number of hydrogen-bond acceptors (Lipinski definition) is 16. The predicted molar refractivity (Wildman–Crippen MR) is 277 cm³/mol. The third kappa shape index (κ3) is 8.98. The molecule has 4 N–H and O–H groups in total. The maximum absolute atomic E-state index is 14.8. The molecule has 7 aliphatic rings. The van der Waals surface area contributed by atoms with Crippen molar-refractivity contribution in [2.24, 2.45) is 11.3 Å². The van der Waals surface area contributed by atoms with Crippen LogP contribution in [0.4, 0.5) is 28.4 Å². The number of nitrogens with one attached hydrogen (secondary N) is 3. The van der Waals surface area contributed by atoms with Gasteiger partial charge in [0.25, 0.3) is 21.6 Å². The van der Waals surface area contributed by atoms with Crippen LogP contribution in [-0.2, 0) is 19.5 Å². The topological polar surface area (TPSA) is 214 Å². The van der Waals surface area contributed by atoms with Gasteiger partial charge in [-0.15, -0.1) is 0 Å². The number of carbonyl (C=O) groups excluding carboxylic acids is 1. The van der Waals surface area contributed by atoms with E-state index in [0.717, 1.165) is 75.7 Å². The van der Waals surface area contributed by atoms with Crippen LogP contribution < -0.4 is 29.3 Å². The van der Waals surface area contributed by atoms with Crippen molar-refractivity contribution >= 4 is 66.7 Å². The van der Waals surface area contributed by atoms with Gasteiger partial charge in [-0.3, -0.25) is 19.8 Å². The van der Waals surface area contributed by atoms with Gasteiger partial charge in [0.15, 0.2) is 11.4 Å². The molecule has 3 aromatic heterocycles. The van der Waals surface area contributed by atoms with Crippen molar-refractivity contribution in [2.45, 2.75) is 125 Å². The average Bonchev–Trinajstić information content (AvgIpc) is 4.06. The van der Waals surface area contributed by atoms with Crippen LogP contribution in [0, 0.1) is 21.4 Å². The number of nitro benzene ring substituents is 1. The van der Waals surface area contributed by atoms with Crippen LogP contribution in [0.3, 0.4) is 0 Å². The van der Waals surface area contributed by atoms with Crippen LogP contribution in [-0.4, -0.2) is 122 Å². The highest BCUT2D eigenvalue weighted by atomic mass is 32.2. The maximum atomic E-state index is 14.8. The number of anilines is 4. The maximum Gasteiger partial charge on any atom is 0.297 e. The van der Waals surface area contributed by atoms with Crippen LogP contribution in [0.2, 0.25) is 0 Å². The minimum absolute atomic E-state index is 0.00904. The third-order valence-corrected chi connectivity index (χ3v) is 19.3. The van der Waals surface area contributed by atoms with Gasteiger partial charge < -0.3 is 44.2 Å². The van der Waals surface area contributed by atoms with Crippen LogP contribution in [0.25, 0.3) is 11.0 Å². The number of aromatic amines is 1. The van der Waals surface area contributed by atoms with Crippen molar-refractivity contribution in [3.8, 4) is 11.6 Å². The van der Waals surface area contributed by atoms with E-state index in [2.05, 4.69) is 54.3 Å². The number of ether oxygens (including phenoxy) is 4. The summed E-state index contributed by atoms with van der Waals surface area (Å²) in [6, 6.07) is 11.9. The molecule has 12 rings (SSSR count). The lowest BCUT2D eigenvalue weighted by Gasteiger charge is -2.57. The minimum Gasteiger partial charge on any atom is -0.489 e. The van der Waals surface area contributed by atoms with Crippen molar-refractivity contribution in [2.75, 3.05) is 67.8 Å². The first-order chi connectivity index (χ1) is 35.1. The Morgan fingerprint density at radius 1 is 0.973 bits per heavy atom. The van der Waals surface area contributed by atoms with E-state index in [0.29, 0.717) is 80.2 Å². The van der Waals surface area contributed by atoms with Gasteiger partial charge in [0.1, 0.15) is 24.0 Å². The van der Waals surface area contributed by atoms with Gasteiger partial charge in [-0.1, -0.05) is 13.8 Å². The van der Waals surface area contributed by atoms with Crippen LogP contribution in [0.15, 0.2) is 64.3 Å². The van der Waals surface area contributed by atoms with E-state index < -0.39 is 43.1 Å². The standard InChI is InChI=1S/C53H64N8O10S2/c1-31(2)38-29-72-30-39(38)45-27-69-19-17-59(45)35-24-53(25-35)12-15-58(16-13-53)34-4-5-37(42(21-34)60-41-9-18-68-28-47(41)71-51-44(60)20-33-8-14-54-49(33)56-51)50(62)57-73(66,67)36-22-43(61(64)65)48-46(23-36)70-26-40(55-48)32-6-10-52(3,63)11-7-32/h4-5,8,14,20-23,29-32,35,40-41,45,47,55,63H,6-7,9-13,15-19,24-28H2,1-3H3,(H,54,56)(H,57,62)/t32?,40-,41+,45+,47+,52?/m1/s1. The van der Waals surface area contributed by atoms with Crippen molar-refractivity contribution in [3.05, 3.63) is 86.2 Å². The van der Waals surface area contributed by atoms with Crippen molar-refractivity contribution < 1.29 is 42.2 Å². The first-order valence-corrected chi connectivity index (χ1v) is 28.4. The molecule has 388 valence electrons. The Labute approximate surface area is 428 Å². The van der Waals surface area contributed by atoms with Gasteiger partial charge in [-0.25, -0.2) is 13.1 Å². The second-order valence-electron chi connectivity index (χ2n) is 22.1. The fraction of sp³-hybridized carbons (Fsp3) is 0.547. The molecule has 2 aliphatic carbocycles. The highest BCUT2D eigenvalue weighted by molar-refractivity contribution is 7.90. The highest BCUT2D eigenvalue weighted by Gasteiger charge is 2.50. The molecule has 0 radical (unpaired) electrons. The number of rotatable bonds is 10. The summed E-state index contributed by atoms with van der Waals surface area (Å²) in [5.41, 5.74) is 4.71. The van der Waals surface area contributed by atoms with E-state index in [1.54, 1.807) is 23.6 Å². The number of aliphatic hydroxyl groups is 1. The number of thiophene rings is 1. The van der Waals surface area contributed by atoms with Gasteiger partial charge >= 0.3 is 0 Å². The summed E-state index contributed by atoms with van der Waals surface area (Å²) in [5.74, 6) is 0.0322. The zero-order valence-corrected chi connectivity index (χ0v) is 43.1. The Morgan fingerprint density at radius 3 is 2.55 bits per heavy atom. The number of benzene rings is 2. The van der Waals surface area contributed by atoms with Crippen molar-refractivity contribution in [1.29, 1.82) is 0 Å². The smallest absolute Gasteiger partial charge is 0.297 e. The number of sulfonamides is 1. The molecule has 2 saturated carbocycles. The van der Waals surface area contributed by atoms with E-state index in [1.165, 1.54) is 17.2 Å². The molecule has 8 heterocycles. The summed E-state index contributed by atoms with van der Waals surface area (Å²) < 4.78 is 55.7. The van der Waals surface area contributed by atoms with E-state index >= 15 is 0 Å². The molecule has 73 heavy (non-hydrogen) atoms. The number of morpholine rings is 1. The highest BCUT2D eigenvalue weighted by Crippen LogP contribution is 2.54. The number of pyridine rings is 1. The molecule has 0 unspecified atom stereocenters. The van der Waals surface area contributed by atoms with Crippen molar-refractivity contribution in [1.82, 2.24) is 19.6 Å². The fourth-order valence-corrected chi connectivity index (χ4v) is 15.0. The quantitative estimate of drug-likeness (QED) is 0.0764. The summed E-state index contributed by atoms with van der Waals surface area (Å²) >= 11 is 1.79. The van der Waals surface area contributed by atoms with Crippen LogP contribution >= 0.6 is 11.3 Å². The lowest BCUT2D eigenvalue weighted by Crippen LogP contribution is -2.58. The van der Waals surface area contributed by atoms with Gasteiger partial charge in [0, 0.05) is 61.7 Å². The summed E-state index contributed by atoms with van der Waals surface area (Å²) in [5, 5.41) is 31.9. The summed E-state index contributed by atoms with van der Waals surface area (Å²) in [6.45, 7) is 11.3. The average molecular weight is 1040 g/mol. The number of nitrogens with zero attached hydrogens (tertiary/aromatic N) is 5. The summed E-state index contributed by atoms with van der Waals surface area (Å²) in [4.78, 5) is 41.5. The molecule has 1 amide bonds. The molecule has 20 heteroatoms. The van der Waals surface area contributed by atoms with E-state index in [-0.39, 0.29) is 53.1 Å². The van der Waals surface area contributed by atoms with Gasteiger partial charge in [-0.05, 0) is 134 Å². The molecular weight excluding hydrogens is 973 g/mol. The minimum atomic E-state index is -4.71. The number of amides is 1. The van der Waals surface area contributed by atoms with E-state index in [1.807, 2.05) is 31.2 Å². The lowest BCUT2D eigenvalue weighted by molar-refractivity contribution is -0.384. The monoisotopic (exact) mass is 1040 g/mol. The molecule has 4 atom stereocenters. The predicted octanol–water partition coefficient (Wildman–Crippen LogP) is 8.40. The molecular formula is C53H64N8O10S2. The molecule has 5 fully saturated rings. The molecule has 1 spiro atoms. The summed E-state index contributed by atoms with van der Waals surface area (Å²) in [6.07, 6.45) is 8.90. The second kappa shape index (κ2) is 18.7. The molecule has 5 aliphatic heterocycles. The first-order valence-electron chi connectivity index (χ1n) is 25.9. The zero-order chi connectivity index (χ0) is 50.4. The molecule has 3 saturated heterocycles. The number of H-pyrrole nitrogens is 1. The van der Waals surface area contributed by atoms with Gasteiger partial charge in [0.05, 0.1) is 64.6 Å². The van der Waals surface area contributed by atoms with E-state index in [9.17, 15) is 28.4 Å². The molecule has 18 nitrogen and oxygen atoms in total. The van der Waals surface area contributed by atoms with E-state index in [4.69, 9.17) is 23.9 Å². The second-order valence-corrected chi connectivity index (χ2v) is 24.5. The third-order valence-electron chi connectivity index (χ3n) is 17.2. The Balaban J connectivity index is 0.832. The SMILES string of the molecule is CC(C)c1cscc1[C@@H]1COCCN1C1CC2(CCN(c3ccc(C(=O)NS(=O)(=O)c4cc5c(c([N+](=O)[O-])c4)N[C@@H](C4CCC(C)(O)CC4)CO5)c(N4c5cc6cc[nH]c6nc5O[C@H]5COCC[C@@H]54)c3)CC2)C1. The fourth-order valence-electron chi connectivity index (χ4n) is 13.0. The van der Waals surface area contributed by atoms with Crippen LogP contribution in [0.5, 0.6) is 11.6 Å². The lowest BCUT2D eigenvalue weighted by atomic mass is 9.59. The number of aromatic nitrogens is 2. The zero-order valence-electron chi connectivity index (χ0n) is 41.5. The molecule has 5 aromatic rings. The first kappa shape index (κ1) is 48.4.